The molecule has 1 heterocycles. The number of aromatic nitrogens is 2. The van der Waals surface area contributed by atoms with Crippen LogP contribution in [0.15, 0.2) is 30.6 Å². The average molecular weight is 290 g/mol. The number of benzene rings is 1. The van der Waals surface area contributed by atoms with E-state index in [0.29, 0.717) is 11.1 Å². The van der Waals surface area contributed by atoms with E-state index in [0.717, 1.165) is 24.3 Å². The summed E-state index contributed by atoms with van der Waals surface area (Å²) < 4.78 is 0. The molecule has 2 rings (SSSR count). The fraction of sp³-hybridized carbons (Fsp3) is 0.375. The lowest BCUT2D eigenvalue weighted by atomic mass is 10.0. The molecule has 0 saturated carbocycles. The van der Waals surface area contributed by atoms with Crippen LogP contribution in [-0.2, 0) is 13.0 Å². The first-order chi connectivity index (χ1) is 9.61. The maximum absolute atomic E-state index is 6.08. The quantitative estimate of drug-likeness (QED) is 0.828. The van der Waals surface area contributed by atoms with Gasteiger partial charge in [-0.2, -0.15) is 0 Å². The Balaban J connectivity index is 2.07. The van der Waals surface area contributed by atoms with Crippen molar-refractivity contribution in [2.45, 2.75) is 39.7 Å². The second-order valence-electron chi connectivity index (χ2n) is 5.10. The summed E-state index contributed by atoms with van der Waals surface area (Å²) in [6.07, 6.45) is 2.31. The highest BCUT2D eigenvalue weighted by molar-refractivity contribution is 6.30. The molecule has 106 valence electrons. The molecule has 3 nitrogen and oxygen atoms in total. The van der Waals surface area contributed by atoms with Crippen LogP contribution in [0.2, 0.25) is 5.15 Å². The topological polar surface area (TPSA) is 37.8 Å². The Morgan fingerprint density at radius 3 is 2.45 bits per heavy atom. The number of anilines is 1. The van der Waals surface area contributed by atoms with Gasteiger partial charge in [0, 0.05) is 12.1 Å². The molecule has 2 aromatic rings. The maximum atomic E-state index is 6.08. The van der Waals surface area contributed by atoms with Gasteiger partial charge in [-0.25, -0.2) is 9.97 Å². The Labute approximate surface area is 125 Å². The van der Waals surface area contributed by atoms with Crippen molar-refractivity contribution in [2.75, 3.05) is 5.32 Å². The van der Waals surface area contributed by atoms with Gasteiger partial charge in [-0.3, -0.25) is 0 Å². The average Bonchev–Trinajstić information content (AvgIpc) is 2.45. The molecule has 1 aromatic heterocycles. The lowest BCUT2D eigenvalue weighted by Gasteiger charge is -2.11. The molecule has 0 saturated heterocycles. The van der Waals surface area contributed by atoms with Gasteiger partial charge in [0.05, 0.1) is 0 Å². The zero-order chi connectivity index (χ0) is 14.5. The van der Waals surface area contributed by atoms with Gasteiger partial charge < -0.3 is 5.32 Å². The zero-order valence-electron chi connectivity index (χ0n) is 12.2. The van der Waals surface area contributed by atoms with E-state index < -0.39 is 0 Å². The lowest BCUT2D eigenvalue weighted by molar-refractivity contribution is 0.865. The number of nitrogens with zero attached hydrogens (tertiary/aromatic N) is 2. The highest BCUT2D eigenvalue weighted by Gasteiger charge is 2.07. The molecule has 1 aromatic carbocycles. The van der Waals surface area contributed by atoms with Gasteiger partial charge in [0.25, 0.3) is 0 Å². The van der Waals surface area contributed by atoms with Gasteiger partial charge >= 0.3 is 0 Å². The molecule has 0 fully saturated rings. The molecule has 0 amide bonds. The van der Waals surface area contributed by atoms with Crippen molar-refractivity contribution < 1.29 is 0 Å². The number of hydrogen-bond acceptors (Lipinski definition) is 3. The van der Waals surface area contributed by atoms with E-state index >= 15 is 0 Å². The first-order valence-corrected chi connectivity index (χ1v) is 7.31. The van der Waals surface area contributed by atoms with Crippen LogP contribution in [0.5, 0.6) is 0 Å². The first-order valence-electron chi connectivity index (χ1n) is 6.94. The smallest absolute Gasteiger partial charge is 0.137 e. The molecular formula is C16H20ClN3. The van der Waals surface area contributed by atoms with Gasteiger partial charge in [-0.15, -0.1) is 0 Å². The van der Waals surface area contributed by atoms with Crippen LogP contribution in [0.1, 0.15) is 43.4 Å². The van der Waals surface area contributed by atoms with Crippen molar-refractivity contribution in [3.05, 3.63) is 52.4 Å². The highest BCUT2D eigenvalue weighted by Crippen LogP contribution is 2.21. The van der Waals surface area contributed by atoms with Crippen LogP contribution < -0.4 is 5.32 Å². The summed E-state index contributed by atoms with van der Waals surface area (Å²) >= 11 is 6.08. The van der Waals surface area contributed by atoms with E-state index in [1.807, 2.05) is 6.92 Å². The number of halogens is 1. The van der Waals surface area contributed by atoms with E-state index in [4.69, 9.17) is 11.6 Å². The summed E-state index contributed by atoms with van der Waals surface area (Å²) in [5.41, 5.74) is 3.55. The van der Waals surface area contributed by atoms with Crippen LogP contribution in [0.3, 0.4) is 0 Å². The van der Waals surface area contributed by atoms with Crippen molar-refractivity contribution in [1.29, 1.82) is 0 Å². The van der Waals surface area contributed by atoms with Crippen LogP contribution in [0.25, 0.3) is 0 Å². The second-order valence-corrected chi connectivity index (χ2v) is 5.45. The molecule has 1 N–H and O–H groups in total. The third kappa shape index (κ3) is 3.48. The van der Waals surface area contributed by atoms with E-state index in [1.165, 1.54) is 17.5 Å². The molecule has 0 atom stereocenters. The molecule has 0 unspecified atom stereocenters. The highest BCUT2D eigenvalue weighted by atomic mass is 35.5. The fourth-order valence-electron chi connectivity index (χ4n) is 2.06. The van der Waals surface area contributed by atoms with Crippen LogP contribution >= 0.6 is 11.6 Å². The minimum Gasteiger partial charge on any atom is -0.366 e. The molecule has 0 aliphatic rings. The summed E-state index contributed by atoms with van der Waals surface area (Å²) in [6, 6.07) is 8.65. The maximum Gasteiger partial charge on any atom is 0.137 e. The number of hydrogen-bond donors (Lipinski definition) is 1. The van der Waals surface area contributed by atoms with E-state index in [1.54, 1.807) is 0 Å². The van der Waals surface area contributed by atoms with Gasteiger partial charge in [-0.1, -0.05) is 56.6 Å². The Morgan fingerprint density at radius 2 is 1.85 bits per heavy atom. The first kappa shape index (κ1) is 14.8. The van der Waals surface area contributed by atoms with Crippen molar-refractivity contribution in [3.8, 4) is 0 Å². The van der Waals surface area contributed by atoms with Gasteiger partial charge in [-0.05, 0) is 23.5 Å². The molecule has 4 heteroatoms. The summed E-state index contributed by atoms with van der Waals surface area (Å²) in [6.45, 7) is 7.18. The van der Waals surface area contributed by atoms with Crippen molar-refractivity contribution in [1.82, 2.24) is 9.97 Å². The standard InChI is InChI=1S/C16H20ClN3/c1-4-14-15(17)19-10-20-16(14)18-9-12-5-7-13(8-6-12)11(2)3/h5-8,10-11H,4,9H2,1-3H3,(H,18,19,20). The SMILES string of the molecule is CCc1c(Cl)ncnc1NCc1ccc(C(C)C)cc1. The summed E-state index contributed by atoms with van der Waals surface area (Å²) in [5, 5.41) is 3.86. The Hall–Kier alpha value is -1.61. The van der Waals surface area contributed by atoms with Gasteiger partial charge in [0.15, 0.2) is 0 Å². The third-order valence-corrected chi connectivity index (χ3v) is 3.68. The van der Waals surface area contributed by atoms with Crippen LogP contribution in [0, 0.1) is 0 Å². The summed E-state index contributed by atoms with van der Waals surface area (Å²) in [4.78, 5) is 8.28. The monoisotopic (exact) mass is 289 g/mol. The van der Waals surface area contributed by atoms with Crippen LogP contribution in [-0.4, -0.2) is 9.97 Å². The molecule has 0 aliphatic carbocycles. The Morgan fingerprint density at radius 1 is 1.15 bits per heavy atom. The van der Waals surface area contributed by atoms with E-state index in [-0.39, 0.29) is 0 Å². The minimum atomic E-state index is 0.528. The zero-order valence-corrected chi connectivity index (χ0v) is 12.9. The molecule has 0 radical (unpaired) electrons. The van der Waals surface area contributed by atoms with Gasteiger partial charge in [0.1, 0.15) is 17.3 Å². The van der Waals surface area contributed by atoms with Crippen molar-refractivity contribution >= 4 is 17.4 Å². The number of nitrogens with one attached hydrogen (secondary N) is 1. The normalized spacial score (nSPS) is 10.8. The predicted molar refractivity (Wildman–Crippen MR) is 84.3 cm³/mol. The largest absolute Gasteiger partial charge is 0.366 e. The Bertz CT molecular complexity index is 564. The van der Waals surface area contributed by atoms with Crippen LogP contribution in [0.4, 0.5) is 5.82 Å². The molecule has 0 bridgehead atoms. The Kier molecular flexibility index (Phi) is 4.96. The third-order valence-electron chi connectivity index (χ3n) is 3.35. The van der Waals surface area contributed by atoms with Crippen molar-refractivity contribution in [2.24, 2.45) is 0 Å². The number of rotatable bonds is 5. The summed E-state index contributed by atoms with van der Waals surface area (Å²) in [7, 11) is 0. The minimum absolute atomic E-state index is 0.528. The molecule has 0 spiro atoms. The molecular weight excluding hydrogens is 270 g/mol. The van der Waals surface area contributed by atoms with Gasteiger partial charge in [0.2, 0.25) is 0 Å². The lowest BCUT2D eigenvalue weighted by Crippen LogP contribution is -2.05. The van der Waals surface area contributed by atoms with E-state index in [9.17, 15) is 0 Å². The summed E-state index contributed by atoms with van der Waals surface area (Å²) in [5.74, 6) is 1.38. The predicted octanol–water partition coefficient (Wildman–Crippen LogP) is 4.43. The van der Waals surface area contributed by atoms with Crippen molar-refractivity contribution in [3.63, 3.8) is 0 Å². The fourth-order valence-corrected chi connectivity index (χ4v) is 2.33. The molecule has 20 heavy (non-hydrogen) atoms. The molecule has 0 aliphatic heterocycles. The second kappa shape index (κ2) is 6.71. The van der Waals surface area contributed by atoms with E-state index in [2.05, 4.69) is 53.4 Å².